The third-order valence-corrected chi connectivity index (χ3v) is 4.39. The number of carbonyl (C=O) groups is 1. The van der Waals surface area contributed by atoms with Gasteiger partial charge in [0.15, 0.2) is 0 Å². The summed E-state index contributed by atoms with van der Waals surface area (Å²) in [5, 5.41) is 2.92. The Labute approximate surface area is 128 Å². The minimum absolute atomic E-state index is 0.0597. The first-order chi connectivity index (χ1) is 9.50. The summed E-state index contributed by atoms with van der Waals surface area (Å²) in [5.74, 6) is 0.0597. The minimum Gasteiger partial charge on any atom is -0.330 e. The average Bonchev–Trinajstić information content (AvgIpc) is 2.79. The molecule has 0 bridgehead atoms. The highest BCUT2D eigenvalue weighted by Crippen LogP contribution is 2.28. The van der Waals surface area contributed by atoms with E-state index < -0.39 is 0 Å². The van der Waals surface area contributed by atoms with E-state index in [2.05, 4.69) is 33.1 Å². The van der Waals surface area contributed by atoms with Crippen LogP contribution in [0.1, 0.15) is 19.8 Å². The van der Waals surface area contributed by atoms with Crippen molar-refractivity contribution in [1.29, 1.82) is 0 Å². The van der Waals surface area contributed by atoms with Gasteiger partial charge >= 0.3 is 0 Å². The van der Waals surface area contributed by atoms with Crippen molar-refractivity contribution in [1.82, 2.24) is 4.90 Å². The number of anilines is 1. The smallest absolute Gasteiger partial charge is 0.225 e. The molecule has 1 amide bonds. The Bertz CT molecular complexity index is 480. The second-order valence-corrected chi connectivity index (χ2v) is 6.77. The molecule has 0 radical (unpaired) electrons. The highest BCUT2D eigenvalue weighted by Gasteiger charge is 2.32. The van der Waals surface area contributed by atoms with Crippen LogP contribution in [0, 0.1) is 5.41 Å². The molecule has 2 rings (SSSR count). The van der Waals surface area contributed by atoms with E-state index >= 15 is 0 Å². The fourth-order valence-electron chi connectivity index (χ4n) is 2.53. The second-order valence-electron chi connectivity index (χ2n) is 5.85. The molecule has 1 saturated heterocycles. The lowest BCUT2D eigenvalue weighted by molar-refractivity contribution is -0.116. The number of hydrogen-bond acceptors (Lipinski definition) is 3. The molecule has 4 nitrogen and oxygen atoms in total. The Morgan fingerprint density at radius 2 is 2.35 bits per heavy atom. The predicted molar refractivity (Wildman–Crippen MR) is 85.6 cm³/mol. The maximum absolute atomic E-state index is 11.9. The fourth-order valence-corrected chi connectivity index (χ4v) is 2.93. The molecule has 0 spiro atoms. The van der Waals surface area contributed by atoms with E-state index in [4.69, 9.17) is 5.73 Å². The molecular weight excluding hydrogens is 318 g/mol. The molecule has 1 aliphatic rings. The van der Waals surface area contributed by atoms with E-state index in [-0.39, 0.29) is 11.3 Å². The molecule has 1 atom stereocenters. The molecule has 3 N–H and O–H groups in total. The number of likely N-dealkylation sites (tertiary alicyclic amines) is 1. The van der Waals surface area contributed by atoms with Gasteiger partial charge in [0.25, 0.3) is 0 Å². The van der Waals surface area contributed by atoms with Gasteiger partial charge in [0, 0.05) is 29.7 Å². The molecule has 1 aromatic rings. The third kappa shape index (κ3) is 4.30. The van der Waals surface area contributed by atoms with Crippen molar-refractivity contribution in [2.75, 3.05) is 31.5 Å². The summed E-state index contributed by atoms with van der Waals surface area (Å²) in [6.07, 6.45) is 1.64. The topological polar surface area (TPSA) is 58.4 Å². The molecule has 1 unspecified atom stereocenters. The standard InChI is InChI=1S/C15H22BrN3O/c1-15(10-17)6-8-19(11-15)7-5-14(20)18-13-4-2-3-12(16)9-13/h2-4,9H,5-8,10-11,17H2,1H3,(H,18,20). The van der Waals surface area contributed by atoms with E-state index in [0.29, 0.717) is 13.0 Å². The molecule has 1 aliphatic heterocycles. The number of halogens is 1. The SMILES string of the molecule is CC1(CN)CCN(CCC(=O)Nc2cccc(Br)c2)C1. The predicted octanol–water partition coefficient (Wildman–Crippen LogP) is 2.45. The minimum atomic E-state index is 0.0597. The van der Waals surface area contributed by atoms with Crippen LogP contribution in [0.25, 0.3) is 0 Å². The van der Waals surface area contributed by atoms with Crippen LogP contribution in [0.4, 0.5) is 5.69 Å². The van der Waals surface area contributed by atoms with Crippen LogP contribution in [0.5, 0.6) is 0 Å². The number of amides is 1. The molecular formula is C15H22BrN3O. The summed E-state index contributed by atoms with van der Waals surface area (Å²) >= 11 is 3.39. The Morgan fingerprint density at radius 1 is 1.55 bits per heavy atom. The van der Waals surface area contributed by atoms with Gasteiger partial charge in [-0.05, 0) is 43.1 Å². The second kappa shape index (κ2) is 6.70. The first-order valence-electron chi connectivity index (χ1n) is 6.99. The summed E-state index contributed by atoms with van der Waals surface area (Å²) in [6.45, 7) is 5.77. The summed E-state index contributed by atoms with van der Waals surface area (Å²) in [7, 11) is 0. The van der Waals surface area contributed by atoms with E-state index in [0.717, 1.165) is 36.2 Å². The lowest BCUT2D eigenvalue weighted by Crippen LogP contribution is -2.32. The summed E-state index contributed by atoms with van der Waals surface area (Å²) in [4.78, 5) is 14.3. The van der Waals surface area contributed by atoms with E-state index in [1.165, 1.54) is 0 Å². The van der Waals surface area contributed by atoms with Gasteiger partial charge in [0.1, 0.15) is 0 Å². The van der Waals surface area contributed by atoms with E-state index in [1.54, 1.807) is 0 Å². The number of nitrogens with two attached hydrogens (primary N) is 1. The number of benzene rings is 1. The zero-order chi connectivity index (χ0) is 14.6. The van der Waals surface area contributed by atoms with Crippen LogP contribution < -0.4 is 11.1 Å². The zero-order valence-corrected chi connectivity index (χ0v) is 13.4. The molecule has 1 heterocycles. The van der Waals surface area contributed by atoms with Crippen molar-refractivity contribution >= 4 is 27.5 Å². The fraction of sp³-hybridized carbons (Fsp3) is 0.533. The third-order valence-electron chi connectivity index (χ3n) is 3.89. The van der Waals surface area contributed by atoms with Gasteiger partial charge in [-0.25, -0.2) is 0 Å². The van der Waals surface area contributed by atoms with Crippen LogP contribution in [-0.2, 0) is 4.79 Å². The quantitative estimate of drug-likeness (QED) is 0.866. The lowest BCUT2D eigenvalue weighted by atomic mass is 9.90. The molecule has 20 heavy (non-hydrogen) atoms. The largest absolute Gasteiger partial charge is 0.330 e. The highest BCUT2D eigenvalue weighted by atomic mass is 79.9. The Balaban J connectivity index is 1.76. The van der Waals surface area contributed by atoms with Crippen LogP contribution >= 0.6 is 15.9 Å². The van der Waals surface area contributed by atoms with Gasteiger partial charge in [-0.15, -0.1) is 0 Å². The van der Waals surface area contributed by atoms with Gasteiger partial charge < -0.3 is 16.0 Å². The maximum atomic E-state index is 11.9. The molecule has 5 heteroatoms. The normalized spacial score (nSPS) is 22.9. The summed E-state index contributed by atoms with van der Waals surface area (Å²) in [6, 6.07) is 7.64. The van der Waals surface area contributed by atoms with Crippen molar-refractivity contribution in [3.8, 4) is 0 Å². The average molecular weight is 340 g/mol. The van der Waals surface area contributed by atoms with Gasteiger partial charge in [-0.3, -0.25) is 4.79 Å². The van der Waals surface area contributed by atoms with E-state index in [1.807, 2.05) is 24.3 Å². The maximum Gasteiger partial charge on any atom is 0.225 e. The van der Waals surface area contributed by atoms with Crippen LogP contribution in [0.2, 0.25) is 0 Å². The number of carbonyl (C=O) groups excluding carboxylic acids is 1. The van der Waals surface area contributed by atoms with Crippen LogP contribution in [0.15, 0.2) is 28.7 Å². The van der Waals surface area contributed by atoms with Crippen molar-refractivity contribution in [2.24, 2.45) is 11.1 Å². The van der Waals surface area contributed by atoms with Crippen molar-refractivity contribution in [3.05, 3.63) is 28.7 Å². The Kier molecular flexibility index (Phi) is 5.18. The van der Waals surface area contributed by atoms with Crippen molar-refractivity contribution in [3.63, 3.8) is 0 Å². The number of nitrogens with one attached hydrogen (secondary N) is 1. The molecule has 110 valence electrons. The summed E-state index contributed by atoms with van der Waals surface area (Å²) < 4.78 is 0.966. The molecule has 1 fully saturated rings. The highest BCUT2D eigenvalue weighted by molar-refractivity contribution is 9.10. The van der Waals surface area contributed by atoms with Gasteiger partial charge in [0.05, 0.1) is 0 Å². The number of nitrogens with zero attached hydrogens (tertiary/aromatic N) is 1. The Morgan fingerprint density at radius 3 is 3.00 bits per heavy atom. The number of hydrogen-bond donors (Lipinski definition) is 2. The number of rotatable bonds is 5. The molecule has 0 saturated carbocycles. The monoisotopic (exact) mass is 339 g/mol. The first-order valence-corrected chi connectivity index (χ1v) is 7.78. The molecule has 0 aliphatic carbocycles. The first kappa shape index (κ1) is 15.5. The van der Waals surface area contributed by atoms with Crippen molar-refractivity contribution < 1.29 is 4.79 Å². The van der Waals surface area contributed by atoms with Crippen LogP contribution in [0.3, 0.4) is 0 Å². The van der Waals surface area contributed by atoms with E-state index in [9.17, 15) is 4.79 Å². The van der Waals surface area contributed by atoms with Crippen molar-refractivity contribution in [2.45, 2.75) is 19.8 Å². The van der Waals surface area contributed by atoms with Gasteiger partial charge in [-0.2, -0.15) is 0 Å². The zero-order valence-electron chi connectivity index (χ0n) is 11.9. The Hall–Kier alpha value is -0.910. The lowest BCUT2D eigenvalue weighted by Gasteiger charge is -2.22. The molecule has 0 aromatic heterocycles. The van der Waals surface area contributed by atoms with Gasteiger partial charge in [-0.1, -0.05) is 28.9 Å². The molecule has 1 aromatic carbocycles. The van der Waals surface area contributed by atoms with Gasteiger partial charge in [0.2, 0.25) is 5.91 Å². The summed E-state index contributed by atoms with van der Waals surface area (Å²) in [5.41, 5.74) is 6.85. The van der Waals surface area contributed by atoms with Crippen LogP contribution in [-0.4, -0.2) is 37.0 Å².